The van der Waals surface area contributed by atoms with Crippen LogP contribution < -0.4 is 10.6 Å². The number of amides is 5. The van der Waals surface area contributed by atoms with Crippen molar-refractivity contribution >= 4 is 35.2 Å². The van der Waals surface area contributed by atoms with Gasteiger partial charge in [-0.25, -0.2) is 0 Å². The van der Waals surface area contributed by atoms with Gasteiger partial charge in [-0.1, -0.05) is 53.7 Å². The summed E-state index contributed by atoms with van der Waals surface area (Å²) in [5.74, 6) is -1.96. The summed E-state index contributed by atoms with van der Waals surface area (Å²) in [6, 6.07) is 3.97. The van der Waals surface area contributed by atoms with E-state index < -0.39 is 24.2 Å². The molecule has 240 valence electrons. The molecule has 2 N–H and O–H groups in total. The molecule has 43 heavy (non-hydrogen) atoms. The number of carbonyl (C=O) groups excluding carboxylic acids is 5. The van der Waals surface area contributed by atoms with Gasteiger partial charge in [0.05, 0.1) is 17.3 Å². The van der Waals surface area contributed by atoms with Crippen LogP contribution in [-0.2, 0) is 19.2 Å². The van der Waals surface area contributed by atoms with Gasteiger partial charge in [0.1, 0.15) is 18.1 Å². The second-order valence-corrected chi connectivity index (χ2v) is 12.9. The van der Waals surface area contributed by atoms with E-state index >= 15 is 0 Å². The summed E-state index contributed by atoms with van der Waals surface area (Å²) in [4.78, 5) is 73.6. The van der Waals surface area contributed by atoms with Gasteiger partial charge < -0.3 is 25.3 Å². The van der Waals surface area contributed by atoms with Gasteiger partial charge in [0.2, 0.25) is 23.6 Å². The van der Waals surface area contributed by atoms with Crippen molar-refractivity contribution in [2.75, 3.05) is 47.1 Å². The molecule has 0 aliphatic carbocycles. The molecule has 1 saturated heterocycles. The van der Waals surface area contributed by atoms with Crippen LogP contribution in [0.25, 0.3) is 0 Å². The Labute approximate surface area is 257 Å². The summed E-state index contributed by atoms with van der Waals surface area (Å²) in [5.41, 5.74) is 0.740. The van der Waals surface area contributed by atoms with E-state index in [9.17, 15) is 24.0 Å². The first-order valence-corrected chi connectivity index (χ1v) is 15.2. The van der Waals surface area contributed by atoms with Crippen molar-refractivity contribution in [2.45, 2.75) is 78.6 Å². The van der Waals surface area contributed by atoms with E-state index in [1.165, 1.54) is 9.80 Å². The molecule has 0 spiro atoms. The largest absolute Gasteiger partial charge is 0.345 e. The monoisotopic (exact) mass is 600 g/mol. The molecule has 11 heteroatoms. The van der Waals surface area contributed by atoms with E-state index in [0.717, 1.165) is 0 Å². The van der Waals surface area contributed by atoms with Crippen LogP contribution in [0.5, 0.6) is 0 Å². The number of likely N-dealkylation sites (N-methyl/N-ethyl adjacent to an activating group) is 2. The average molecular weight is 601 g/mol. The van der Waals surface area contributed by atoms with Crippen molar-refractivity contribution in [1.29, 1.82) is 0 Å². The smallest absolute Gasteiger partial charge is 0.255 e. The molecule has 1 aliphatic rings. The van der Waals surface area contributed by atoms with Crippen LogP contribution in [0.1, 0.15) is 64.7 Å². The third kappa shape index (κ3) is 8.55. The standard InChI is InChI=1S/C32H52N6O5/c1-19(2)25(34-29(40)26(20(3)4)35(7)8)31(42)37(11)27(21(5)6)32(43)38-18-14-17-24(38)28(39)33-23-16-13-12-15-22(23)30(41)36(9)10/h12-13,15-16,19-21,24-27H,14,17-18H2,1-11H3,(H,33,39)(H,34,40)/t24-,25?,26-,27-/m0/s1. The number of likely N-dealkylation sites (tertiary alicyclic amines) is 1. The summed E-state index contributed by atoms with van der Waals surface area (Å²) in [6.45, 7) is 11.7. The topological polar surface area (TPSA) is 122 Å². The minimum Gasteiger partial charge on any atom is -0.345 e. The fourth-order valence-corrected chi connectivity index (χ4v) is 5.85. The second kappa shape index (κ2) is 15.3. The first-order chi connectivity index (χ1) is 20.0. The number of benzene rings is 1. The van der Waals surface area contributed by atoms with Crippen LogP contribution >= 0.6 is 0 Å². The highest BCUT2D eigenvalue weighted by atomic mass is 16.2. The molecule has 0 bridgehead atoms. The molecule has 0 radical (unpaired) electrons. The molecule has 1 aromatic rings. The van der Waals surface area contributed by atoms with Gasteiger partial charge in [-0.15, -0.1) is 0 Å². The first-order valence-electron chi connectivity index (χ1n) is 15.2. The van der Waals surface area contributed by atoms with E-state index in [0.29, 0.717) is 30.6 Å². The van der Waals surface area contributed by atoms with Crippen molar-refractivity contribution in [3.05, 3.63) is 29.8 Å². The molecule has 1 aromatic carbocycles. The van der Waals surface area contributed by atoms with Crippen molar-refractivity contribution in [1.82, 2.24) is 24.9 Å². The van der Waals surface area contributed by atoms with Gasteiger partial charge in [0.25, 0.3) is 5.91 Å². The number of rotatable bonds is 12. The van der Waals surface area contributed by atoms with Crippen LogP contribution in [-0.4, -0.2) is 115 Å². The first kappa shape index (κ1) is 35.7. The highest BCUT2D eigenvalue weighted by Gasteiger charge is 2.42. The SMILES string of the molecule is CC(C)C(NC(=O)[C@H](C(C)C)N(C)C)C(=O)N(C)[C@H](C(=O)N1CCC[C@H]1C(=O)Nc1ccccc1C(=O)N(C)C)C(C)C. The van der Waals surface area contributed by atoms with Crippen molar-refractivity contribution in [3.8, 4) is 0 Å². The summed E-state index contributed by atoms with van der Waals surface area (Å²) in [5, 5.41) is 5.81. The van der Waals surface area contributed by atoms with E-state index in [1.54, 1.807) is 50.3 Å². The Morgan fingerprint density at radius 2 is 1.42 bits per heavy atom. The summed E-state index contributed by atoms with van der Waals surface area (Å²) in [6.07, 6.45) is 1.10. The van der Waals surface area contributed by atoms with E-state index in [1.807, 2.05) is 60.5 Å². The second-order valence-electron chi connectivity index (χ2n) is 12.9. The number of para-hydroxylation sites is 1. The Bertz CT molecular complexity index is 1160. The molecule has 11 nitrogen and oxygen atoms in total. The van der Waals surface area contributed by atoms with Gasteiger partial charge in [-0.3, -0.25) is 28.9 Å². The van der Waals surface area contributed by atoms with Crippen LogP contribution in [0.15, 0.2) is 24.3 Å². The highest BCUT2D eigenvalue weighted by Crippen LogP contribution is 2.25. The van der Waals surface area contributed by atoms with E-state index in [4.69, 9.17) is 0 Å². The predicted molar refractivity (Wildman–Crippen MR) is 168 cm³/mol. The lowest BCUT2D eigenvalue weighted by atomic mass is 9.96. The highest BCUT2D eigenvalue weighted by molar-refractivity contribution is 6.05. The van der Waals surface area contributed by atoms with E-state index in [-0.39, 0.29) is 47.3 Å². The normalized spacial score (nSPS) is 17.2. The molecule has 0 saturated carbocycles. The summed E-state index contributed by atoms with van der Waals surface area (Å²) >= 11 is 0. The number of nitrogens with zero attached hydrogens (tertiary/aromatic N) is 4. The van der Waals surface area contributed by atoms with Gasteiger partial charge in [0.15, 0.2) is 0 Å². The fourth-order valence-electron chi connectivity index (χ4n) is 5.85. The van der Waals surface area contributed by atoms with E-state index in [2.05, 4.69) is 10.6 Å². The average Bonchev–Trinajstić information content (AvgIpc) is 3.40. The molecular weight excluding hydrogens is 548 g/mol. The predicted octanol–water partition coefficient (Wildman–Crippen LogP) is 2.53. The Morgan fingerprint density at radius 1 is 0.837 bits per heavy atom. The third-order valence-electron chi connectivity index (χ3n) is 8.00. The minimum absolute atomic E-state index is 0.0341. The van der Waals surface area contributed by atoms with Gasteiger partial charge in [-0.05, 0) is 56.8 Å². The zero-order valence-electron chi connectivity index (χ0n) is 27.8. The summed E-state index contributed by atoms with van der Waals surface area (Å²) in [7, 11) is 8.53. The van der Waals surface area contributed by atoms with Crippen LogP contribution in [0.3, 0.4) is 0 Å². The lowest BCUT2D eigenvalue weighted by Crippen LogP contribution is -2.60. The lowest BCUT2D eigenvalue weighted by Gasteiger charge is -2.38. The molecule has 5 amide bonds. The fraction of sp³-hybridized carbons (Fsp3) is 0.656. The number of hydrogen-bond acceptors (Lipinski definition) is 6. The molecule has 4 atom stereocenters. The number of carbonyl (C=O) groups is 5. The molecule has 1 fully saturated rings. The van der Waals surface area contributed by atoms with Crippen LogP contribution in [0.2, 0.25) is 0 Å². The number of hydrogen-bond donors (Lipinski definition) is 2. The Morgan fingerprint density at radius 3 is 1.93 bits per heavy atom. The van der Waals surface area contributed by atoms with Crippen molar-refractivity contribution in [2.24, 2.45) is 17.8 Å². The molecule has 1 aliphatic heterocycles. The Kier molecular flexibility index (Phi) is 12.7. The van der Waals surface area contributed by atoms with Gasteiger partial charge in [-0.2, -0.15) is 0 Å². The molecule has 2 rings (SSSR count). The minimum atomic E-state index is -0.837. The molecular formula is C32H52N6O5. The van der Waals surface area contributed by atoms with Gasteiger partial charge >= 0.3 is 0 Å². The third-order valence-corrected chi connectivity index (χ3v) is 8.00. The zero-order chi connectivity index (χ0) is 32.8. The number of nitrogens with one attached hydrogen (secondary N) is 2. The van der Waals surface area contributed by atoms with Crippen molar-refractivity contribution in [3.63, 3.8) is 0 Å². The maximum absolute atomic E-state index is 14.1. The van der Waals surface area contributed by atoms with Crippen LogP contribution in [0, 0.1) is 17.8 Å². The Balaban J connectivity index is 2.29. The van der Waals surface area contributed by atoms with Crippen LogP contribution in [0.4, 0.5) is 5.69 Å². The maximum atomic E-state index is 14.1. The van der Waals surface area contributed by atoms with Gasteiger partial charge in [0, 0.05) is 27.7 Å². The zero-order valence-corrected chi connectivity index (χ0v) is 27.8. The quantitative estimate of drug-likeness (QED) is 0.380. The molecule has 0 aromatic heterocycles. The molecule has 1 unspecified atom stereocenters. The molecule has 1 heterocycles. The summed E-state index contributed by atoms with van der Waals surface area (Å²) < 4.78 is 0. The maximum Gasteiger partial charge on any atom is 0.255 e. The number of anilines is 1. The van der Waals surface area contributed by atoms with Crippen molar-refractivity contribution < 1.29 is 24.0 Å². The lowest BCUT2D eigenvalue weighted by molar-refractivity contribution is -0.150. The Hall–Kier alpha value is -3.47.